The third-order valence-corrected chi connectivity index (χ3v) is 2.98. The van der Waals surface area contributed by atoms with Gasteiger partial charge in [0.25, 0.3) is 5.91 Å². The van der Waals surface area contributed by atoms with Gasteiger partial charge in [-0.3, -0.25) is 4.79 Å². The molecule has 5 heteroatoms. The maximum absolute atomic E-state index is 11.7. The van der Waals surface area contributed by atoms with Crippen LogP contribution in [-0.2, 0) is 6.54 Å². The maximum atomic E-state index is 11.7. The molecule has 0 atom stereocenters. The minimum absolute atomic E-state index is 0.0960. The van der Waals surface area contributed by atoms with Crippen LogP contribution in [0.3, 0.4) is 0 Å². The van der Waals surface area contributed by atoms with Crippen LogP contribution in [-0.4, -0.2) is 10.9 Å². The molecule has 0 unspecified atom stereocenters. The summed E-state index contributed by atoms with van der Waals surface area (Å²) in [6.45, 7) is 0.463. The van der Waals surface area contributed by atoms with Gasteiger partial charge in [-0.05, 0) is 24.3 Å². The zero-order chi connectivity index (χ0) is 11.4. The summed E-state index contributed by atoms with van der Waals surface area (Å²) in [6, 6.07) is 7.08. The van der Waals surface area contributed by atoms with Gasteiger partial charge in [-0.15, -0.1) is 24.0 Å². The van der Waals surface area contributed by atoms with E-state index in [-0.39, 0.29) is 5.91 Å². The number of nitrogens with one attached hydrogen (secondary N) is 1. The first-order valence-electron chi connectivity index (χ1n) is 4.70. The average Bonchev–Trinajstić information content (AvgIpc) is 2.80. The van der Waals surface area contributed by atoms with Crippen LogP contribution in [0.4, 0.5) is 0 Å². The summed E-state index contributed by atoms with van der Waals surface area (Å²) in [5.74, 6) is -0.0960. The van der Waals surface area contributed by atoms with Crippen LogP contribution in [0.1, 0.15) is 16.1 Å². The standard InChI is InChI=1S/C11H10N2OS2/c14-11(8-1-3-10(15)4-2-8)12-5-9-6-16-7-13-9/h1-4,6-7,15H,5H2,(H,12,14). The summed E-state index contributed by atoms with van der Waals surface area (Å²) in [5.41, 5.74) is 3.26. The SMILES string of the molecule is O=C(NCc1cscn1)c1ccc(S)cc1. The molecule has 0 bridgehead atoms. The molecule has 82 valence electrons. The van der Waals surface area contributed by atoms with Gasteiger partial charge in [0.2, 0.25) is 0 Å². The van der Waals surface area contributed by atoms with Crippen molar-refractivity contribution >= 4 is 29.9 Å². The number of hydrogen-bond acceptors (Lipinski definition) is 4. The van der Waals surface area contributed by atoms with Gasteiger partial charge in [-0.1, -0.05) is 0 Å². The van der Waals surface area contributed by atoms with Crippen molar-refractivity contribution in [2.45, 2.75) is 11.4 Å². The van der Waals surface area contributed by atoms with E-state index >= 15 is 0 Å². The van der Waals surface area contributed by atoms with Gasteiger partial charge in [-0.25, -0.2) is 4.98 Å². The highest BCUT2D eigenvalue weighted by Crippen LogP contribution is 2.08. The van der Waals surface area contributed by atoms with Crippen LogP contribution < -0.4 is 5.32 Å². The molecule has 2 aromatic rings. The number of hydrogen-bond donors (Lipinski definition) is 2. The molecule has 0 aliphatic carbocycles. The van der Waals surface area contributed by atoms with Crippen molar-refractivity contribution in [3.63, 3.8) is 0 Å². The summed E-state index contributed by atoms with van der Waals surface area (Å²) >= 11 is 5.68. The summed E-state index contributed by atoms with van der Waals surface area (Å²) in [5, 5.41) is 4.71. The van der Waals surface area contributed by atoms with E-state index in [1.165, 1.54) is 11.3 Å². The van der Waals surface area contributed by atoms with Crippen molar-refractivity contribution < 1.29 is 4.79 Å². The van der Waals surface area contributed by atoms with Crippen molar-refractivity contribution in [2.24, 2.45) is 0 Å². The van der Waals surface area contributed by atoms with E-state index in [0.717, 1.165) is 10.6 Å². The van der Waals surface area contributed by atoms with Gasteiger partial charge in [0, 0.05) is 15.8 Å². The lowest BCUT2D eigenvalue weighted by Crippen LogP contribution is -2.22. The van der Waals surface area contributed by atoms with E-state index < -0.39 is 0 Å². The van der Waals surface area contributed by atoms with Crippen LogP contribution in [0, 0.1) is 0 Å². The highest BCUT2D eigenvalue weighted by molar-refractivity contribution is 7.80. The minimum atomic E-state index is -0.0960. The topological polar surface area (TPSA) is 42.0 Å². The van der Waals surface area contributed by atoms with Crippen molar-refractivity contribution in [2.75, 3.05) is 0 Å². The molecule has 1 N–H and O–H groups in total. The molecule has 16 heavy (non-hydrogen) atoms. The number of carbonyl (C=O) groups is 1. The van der Waals surface area contributed by atoms with Gasteiger partial charge in [0.15, 0.2) is 0 Å². The van der Waals surface area contributed by atoms with Crippen molar-refractivity contribution in [3.8, 4) is 0 Å². The number of thiazole rings is 1. The molecular formula is C11H10N2OS2. The van der Waals surface area contributed by atoms with E-state index in [1.54, 1.807) is 29.8 Å². The second-order valence-corrected chi connectivity index (χ2v) is 4.44. The van der Waals surface area contributed by atoms with E-state index in [0.29, 0.717) is 12.1 Å². The molecular weight excluding hydrogens is 240 g/mol. The van der Waals surface area contributed by atoms with Crippen molar-refractivity contribution in [3.05, 3.63) is 46.4 Å². The van der Waals surface area contributed by atoms with Crippen molar-refractivity contribution in [1.82, 2.24) is 10.3 Å². The molecule has 0 aliphatic rings. The van der Waals surface area contributed by atoms with Crippen LogP contribution in [0.25, 0.3) is 0 Å². The van der Waals surface area contributed by atoms with Crippen LogP contribution >= 0.6 is 24.0 Å². The third-order valence-electron chi connectivity index (χ3n) is 2.04. The Balaban J connectivity index is 1.95. The minimum Gasteiger partial charge on any atom is -0.346 e. The fourth-order valence-electron chi connectivity index (χ4n) is 1.21. The number of nitrogens with zero attached hydrogens (tertiary/aromatic N) is 1. The lowest BCUT2D eigenvalue weighted by atomic mass is 10.2. The smallest absolute Gasteiger partial charge is 0.251 e. The monoisotopic (exact) mass is 250 g/mol. The first-order valence-corrected chi connectivity index (χ1v) is 6.09. The van der Waals surface area contributed by atoms with Crippen LogP contribution in [0.5, 0.6) is 0 Å². The summed E-state index contributed by atoms with van der Waals surface area (Å²) < 4.78 is 0. The Bertz CT molecular complexity index is 465. The second kappa shape index (κ2) is 5.14. The molecule has 0 saturated heterocycles. The lowest BCUT2D eigenvalue weighted by molar-refractivity contribution is 0.0950. The van der Waals surface area contributed by atoms with Gasteiger partial charge >= 0.3 is 0 Å². The number of aromatic nitrogens is 1. The Labute approximate surface area is 103 Å². The maximum Gasteiger partial charge on any atom is 0.251 e. The Morgan fingerprint density at radius 3 is 2.75 bits per heavy atom. The van der Waals surface area contributed by atoms with E-state index in [9.17, 15) is 4.79 Å². The summed E-state index contributed by atoms with van der Waals surface area (Å²) in [6.07, 6.45) is 0. The number of rotatable bonds is 3. The second-order valence-electron chi connectivity index (χ2n) is 3.21. The Morgan fingerprint density at radius 1 is 1.38 bits per heavy atom. The molecule has 0 spiro atoms. The van der Waals surface area contributed by atoms with E-state index in [4.69, 9.17) is 0 Å². The number of benzene rings is 1. The van der Waals surface area contributed by atoms with E-state index in [1.807, 2.05) is 5.38 Å². The molecule has 3 nitrogen and oxygen atoms in total. The summed E-state index contributed by atoms with van der Waals surface area (Å²) in [7, 11) is 0. The predicted octanol–water partition coefficient (Wildman–Crippen LogP) is 2.36. The van der Waals surface area contributed by atoms with Gasteiger partial charge in [-0.2, -0.15) is 0 Å². The Morgan fingerprint density at radius 2 is 2.12 bits per heavy atom. The average molecular weight is 250 g/mol. The zero-order valence-electron chi connectivity index (χ0n) is 8.38. The molecule has 1 aromatic carbocycles. The number of amides is 1. The molecule has 1 amide bonds. The molecule has 2 rings (SSSR count). The molecule has 1 aromatic heterocycles. The fourth-order valence-corrected chi connectivity index (χ4v) is 1.92. The summed E-state index contributed by atoms with van der Waals surface area (Å²) in [4.78, 5) is 16.6. The Hall–Kier alpha value is -1.33. The molecule has 0 fully saturated rings. The quantitative estimate of drug-likeness (QED) is 0.821. The molecule has 0 aliphatic heterocycles. The first kappa shape index (κ1) is 11.2. The highest BCUT2D eigenvalue weighted by Gasteiger charge is 2.04. The third kappa shape index (κ3) is 2.84. The van der Waals surface area contributed by atoms with Gasteiger partial charge < -0.3 is 5.32 Å². The van der Waals surface area contributed by atoms with Gasteiger partial charge in [0.1, 0.15) is 0 Å². The lowest BCUT2D eigenvalue weighted by Gasteiger charge is -2.03. The van der Waals surface area contributed by atoms with Crippen LogP contribution in [0.15, 0.2) is 40.1 Å². The largest absolute Gasteiger partial charge is 0.346 e. The van der Waals surface area contributed by atoms with E-state index in [2.05, 4.69) is 22.9 Å². The number of carbonyl (C=O) groups excluding carboxylic acids is 1. The highest BCUT2D eigenvalue weighted by atomic mass is 32.1. The van der Waals surface area contributed by atoms with Crippen molar-refractivity contribution in [1.29, 1.82) is 0 Å². The van der Waals surface area contributed by atoms with Crippen LogP contribution in [0.2, 0.25) is 0 Å². The van der Waals surface area contributed by atoms with Gasteiger partial charge in [0.05, 0.1) is 17.7 Å². The number of thiol groups is 1. The first-order chi connectivity index (χ1) is 7.75. The Kier molecular flexibility index (Phi) is 3.58. The molecule has 1 heterocycles. The predicted molar refractivity (Wildman–Crippen MR) is 67.0 cm³/mol. The molecule has 0 radical (unpaired) electrons. The zero-order valence-corrected chi connectivity index (χ0v) is 10.1. The molecule has 0 saturated carbocycles. The normalized spacial score (nSPS) is 10.1. The fraction of sp³-hybridized carbons (Fsp3) is 0.0909.